The molecule has 4 rings (SSSR count). The van der Waals surface area contributed by atoms with Gasteiger partial charge in [-0.2, -0.15) is 9.97 Å². The highest BCUT2D eigenvalue weighted by atomic mass is 16.6. The maximum Gasteiger partial charge on any atom is 0.393 e. The molecule has 1 N–H and O–H groups in total. The molecule has 29 heavy (non-hydrogen) atoms. The van der Waals surface area contributed by atoms with Crippen LogP contribution in [0.1, 0.15) is 49.7 Å². The number of methoxy groups -OCH3 is 1. The van der Waals surface area contributed by atoms with E-state index in [-0.39, 0.29) is 6.08 Å². The van der Waals surface area contributed by atoms with Gasteiger partial charge in [0.1, 0.15) is 0 Å². The third kappa shape index (κ3) is 5.94. The van der Waals surface area contributed by atoms with Gasteiger partial charge in [0.15, 0.2) is 11.6 Å². The smallest absolute Gasteiger partial charge is 0.393 e. The third-order valence-electron chi connectivity index (χ3n) is 4.63. The van der Waals surface area contributed by atoms with Crippen molar-refractivity contribution in [2.75, 3.05) is 19.0 Å². The van der Waals surface area contributed by atoms with Gasteiger partial charge >= 0.3 is 6.08 Å². The summed E-state index contributed by atoms with van der Waals surface area (Å²) in [6.45, 7) is 6.92. The van der Waals surface area contributed by atoms with Gasteiger partial charge in [-0.3, -0.25) is 0 Å². The lowest BCUT2D eigenvalue weighted by atomic mass is 10.1. The lowest BCUT2D eigenvalue weighted by Crippen LogP contribution is -2.01. The molecule has 2 heterocycles. The molecule has 0 bridgehead atoms. The van der Waals surface area contributed by atoms with Crippen LogP contribution in [0.4, 0.5) is 5.69 Å². The lowest BCUT2D eigenvalue weighted by molar-refractivity contribution is 0.293. The predicted molar refractivity (Wildman–Crippen MR) is 112 cm³/mol. The molecule has 1 saturated carbocycles. The third-order valence-corrected chi connectivity index (χ3v) is 4.63. The van der Waals surface area contributed by atoms with Crippen molar-refractivity contribution in [2.45, 2.75) is 44.4 Å². The minimum absolute atomic E-state index is 0.272. The highest BCUT2D eigenvalue weighted by Gasteiger charge is 2.28. The number of benzene rings is 1. The van der Waals surface area contributed by atoms with E-state index in [0.717, 1.165) is 55.2 Å². The first-order valence-corrected chi connectivity index (χ1v) is 9.98. The number of anilines is 1. The summed E-state index contributed by atoms with van der Waals surface area (Å²) in [5.41, 5.74) is 2.03. The number of rotatable bonds is 10. The second kappa shape index (κ2) is 10.5. The van der Waals surface area contributed by atoms with Crippen LogP contribution in [0.15, 0.2) is 52.6 Å². The van der Waals surface area contributed by atoms with Crippen LogP contribution in [0.25, 0.3) is 11.3 Å². The molecule has 1 fully saturated rings. The average Bonchev–Trinajstić information content (AvgIpc) is 3.31. The van der Waals surface area contributed by atoms with Crippen LogP contribution in [-0.4, -0.2) is 28.8 Å². The summed E-state index contributed by atoms with van der Waals surface area (Å²) < 4.78 is 15.8. The topological polar surface area (TPSA) is 86.2 Å². The quantitative estimate of drug-likeness (QED) is 0.370. The molecule has 154 valence electrons. The fourth-order valence-corrected chi connectivity index (χ4v) is 2.96. The summed E-state index contributed by atoms with van der Waals surface area (Å²) in [6, 6.07) is 8.10. The van der Waals surface area contributed by atoms with E-state index in [1.165, 1.54) is 20.0 Å². The van der Waals surface area contributed by atoms with Crippen LogP contribution >= 0.6 is 0 Å². The van der Waals surface area contributed by atoms with Gasteiger partial charge in [-0.05, 0) is 37.8 Å². The second-order valence-corrected chi connectivity index (χ2v) is 6.83. The largest absolute Gasteiger partial charge is 0.454 e. The molecule has 3 aromatic rings. The van der Waals surface area contributed by atoms with Crippen molar-refractivity contribution in [1.82, 2.24) is 15.1 Å². The molecule has 1 aliphatic rings. The number of ether oxygens (including phenoxy) is 1. The van der Waals surface area contributed by atoms with Crippen molar-refractivity contribution in [3.05, 3.63) is 55.3 Å². The van der Waals surface area contributed by atoms with E-state index in [0.29, 0.717) is 11.7 Å². The van der Waals surface area contributed by atoms with Crippen molar-refractivity contribution in [1.29, 1.82) is 0 Å². The number of oxazole rings is 1. The molecule has 7 heteroatoms. The molecule has 0 aliphatic heterocycles. The van der Waals surface area contributed by atoms with E-state index in [4.69, 9.17) is 13.7 Å². The Kier molecular flexibility index (Phi) is 7.44. The zero-order valence-electron chi connectivity index (χ0n) is 16.9. The van der Waals surface area contributed by atoms with Crippen LogP contribution in [0.3, 0.4) is 0 Å². The van der Waals surface area contributed by atoms with E-state index >= 15 is 0 Å². The summed E-state index contributed by atoms with van der Waals surface area (Å²) in [5, 5.41) is 7.51. The molecule has 0 amide bonds. The minimum atomic E-state index is 0.272. The van der Waals surface area contributed by atoms with Crippen LogP contribution in [-0.2, 0) is 6.42 Å². The lowest BCUT2D eigenvalue weighted by Gasteiger charge is -2.07. The van der Waals surface area contributed by atoms with Gasteiger partial charge in [0, 0.05) is 30.1 Å². The summed E-state index contributed by atoms with van der Waals surface area (Å²) >= 11 is 0. The Labute approximate surface area is 171 Å². The molecule has 1 aromatic carbocycles. The maximum absolute atomic E-state index is 5.51. The molecule has 0 spiro atoms. The van der Waals surface area contributed by atoms with Crippen molar-refractivity contribution in [3.8, 4) is 17.4 Å². The van der Waals surface area contributed by atoms with E-state index in [1.54, 1.807) is 6.20 Å². The fourth-order valence-electron chi connectivity index (χ4n) is 2.96. The molecule has 1 aliphatic carbocycles. The molecule has 0 atom stereocenters. The van der Waals surface area contributed by atoms with Crippen LogP contribution in [0, 0.1) is 0 Å². The van der Waals surface area contributed by atoms with Gasteiger partial charge in [0.25, 0.3) is 0 Å². The Morgan fingerprint density at radius 2 is 2.07 bits per heavy atom. The van der Waals surface area contributed by atoms with Gasteiger partial charge in [-0.1, -0.05) is 23.7 Å². The number of nitrogens with zero attached hydrogens (tertiary/aromatic N) is 3. The van der Waals surface area contributed by atoms with Crippen molar-refractivity contribution < 1.29 is 13.7 Å². The van der Waals surface area contributed by atoms with Crippen molar-refractivity contribution >= 4 is 5.69 Å². The first kappa shape index (κ1) is 20.6. The number of nitrogens with one attached hydrogen (secondary N) is 1. The highest BCUT2D eigenvalue weighted by molar-refractivity contribution is 5.63. The first-order chi connectivity index (χ1) is 14.3. The summed E-state index contributed by atoms with van der Waals surface area (Å²) in [7, 11) is 1.54. The highest BCUT2D eigenvalue weighted by Crippen LogP contribution is 2.38. The predicted octanol–water partition coefficient (Wildman–Crippen LogP) is 5.24. The fraction of sp³-hybridized carbons (Fsp3) is 0.409. The maximum atomic E-state index is 5.51. The van der Waals surface area contributed by atoms with E-state index in [9.17, 15) is 0 Å². The second-order valence-electron chi connectivity index (χ2n) is 6.83. The monoisotopic (exact) mass is 396 g/mol. The van der Waals surface area contributed by atoms with Gasteiger partial charge in [0.05, 0.1) is 13.3 Å². The minimum Gasteiger partial charge on any atom is -0.454 e. The Bertz CT molecular complexity index is 886. The number of aromatic nitrogens is 3. The van der Waals surface area contributed by atoms with Gasteiger partial charge in [-0.15, -0.1) is 13.2 Å². The molecule has 7 nitrogen and oxygen atoms in total. The zero-order chi connectivity index (χ0) is 20.5. The molecule has 0 saturated heterocycles. The van der Waals surface area contributed by atoms with E-state index in [2.05, 4.69) is 45.7 Å². The Balaban J connectivity index is 0.00000117. The van der Waals surface area contributed by atoms with Crippen molar-refractivity contribution in [3.63, 3.8) is 0 Å². The molecule has 2 aromatic heterocycles. The summed E-state index contributed by atoms with van der Waals surface area (Å²) in [5.74, 6) is 2.93. The summed E-state index contributed by atoms with van der Waals surface area (Å²) in [4.78, 5) is 8.52. The number of aryl methyl sites for hydroxylation is 1. The average molecular weight is 396 g/mol. The normalized spacial score (nSPS) is 12.9. The standard InChI is InChI=1S/C20H24N4O3.C2H4/c1-25-20-22-13-17(26-20)15-6-5-7-16(12-15)21-11-4-2-3-8-18-23-19(24-27-18)14-9-10-14;1-2/h5-7,12-14,21H,2-4,8-11H2,1H3;1-2H2. The number of unbranched alkanes of at least 4 members (excludes halogenated alkanes) is 2. The molecular weight excluding hydrogens is 368 g/mol. The number of hydrogen-bond donors (Lipinski definition) is 1. The van der Waals surface area contributed by atoms with Crippen LogP contribution in [0.5, 0.6) is 6.08 Å². The number of hydrogen-bond acceptors (Lipinski definition) is 7. The van der Waals surface area contributed by atoms with Crippen molar-refractivity contribution in [2.24, 2.45) is 0 Å². The van der Waals surface area contributed by atoms with Gasteiger partial charge in [0.2, 0.25) is 5.89 Å². The Morgan fingerprint density at radius 1 is 1.21 bits per heavy atom. The Morgan fingerprint density at radius 3 is 2.83 bits per heavy atom. The Hall–Kier alpha value is -3.09. The van der Waals surface area contributed by atoms with Gasteiger partial charge in [-0.25, -0.2) is 0 Å². The van der Waals surface area contributed by atoms with E-state index in [1.807, 2.05) is 12.1 Å². The summed E-state index contributed by atoms with van der Waals surface area (Å²) in [6.07, 6.45) is 8.48. The molecular formula is C22H28N4O3. The first-order valence-electron chi connectivity index (χ1n) is 9.98. The zero-order valence-corrected chi connectivity index (χ0v) is 16.9. The van der Waals surface area contributed by atoms with Crippen LogP contribution in [0.2, 0.25) is 0 Å². The van der Waals surface area contributed by atoms with Gasteiger partial charge < -0.3 is 19.0 Å². The van der Waals surface area contributed by atoms with E-state index < -0.39 is 0 Å². The molecule has 0 radical (unpaired) electrons. The van der Waals surface area contributed by atoms with Crippen LogP contribution < -0.4 is 10.1 Å². The SMILES string of the molecule is C=C.COc1ncc(-c2cccc(NCCCCCc3nc(C4CC4)no3)c2)o1. The molecule has 0 unspecified atom stereocenters.